The van der Waals surface area contributed by atoms with Crippen LogP contribution in [0.2, 0.25) is 0 Å². The van der Waals surface area contributed by atoms with Gasteiger partial charge in [0, 0.05) is 0 Å². The Balaban J connectivity index is 2.14. The van der Waals surface area contributed by atoms with E-state index in [1.54, 1.807) is 24.3 Å². The van der Waals surface area contributed by atoms with Crippen molar-refractivity contribution >= 4 is 5.97 Å². The number of carbonyl (C=O) groups is 1. The summed E-state index contributed by atoms with van der Waals surface area (Å²) in [6, 6.07) is 6.68. The second kappa shape index (κ2) is 3.88. The number of carboxylic acids is 1. The third-order valence-electron chi connectivity index (χ3n) is 2.54. The van der Waals surface area contributed by atoms with Crippen molar-refractivity contribution in [1.82, 2.24) is 0 Å². The summed E-state index contributed by atoms with van der Waals surface area (Å²) >= 11 is 0. The zero-order valence-electron chi connectivity index (χ0n) is 9.27. The zero-order valence-corrected chi connectivity index (χ0v) is 9.27. The molecule has 2 rings (SSSR count). The van der Waals surface area contributed by atoms with Crippen molar-refractivity contribution in [3.63, 3.8) is 0 Å². The Morgan fingerprint density at radius 2 is 2.00 bits per heavy atom. The highest BCUT2D eigenvalue weighted by atomic mass is 16.7. The van der Waals surface area contributed by atoms with Gasteiger partial charge in [-0.25, -0.2) is 4.79 Å². The average Bonchev–Trinajstić information content (AvgIpc) is 2.59. The topological polar surface area (TPSA) is 55.8 Å². The van der Waals surface area contributed by atoms with Crippen LogP contribution in [-0.4, -0.2) is 23.5 Å². The van der Waals surface area contributed by atoms with E-state index in [2.05, 4.69) is 0 Å². The van der Waals surface area contributed by atoms with Gasteiger partial charge >= 0.3 is 5.97 Å². The van der Waals surface area contributed by atoms with Crippen molar-refractivity contribution in [2.45, 2.75) is 25.7 Å². The van der Waals surface area contributed by atoms with Crippen LogP contribution in [-0.2, 0) is 9.47 Å². The van der Waals surface area contributed by atoms with Gasteiger partial charge in [-0.2, -0.15) is 0 Å². The fourth-order valence-corrected chi connectivity index (χ4v) is 1.69. The quantitative estimate of drug-likeness (QED) is 0.833. The lowest BCUT2D eigenvalue weighted by Gasteiger charge is -2.17. The van der Waals surface area contributed by atoms with Crippen LogP contribution in [0.15, 0.2) is 24.3 Å². The first kappa shape index (κ1) is 11.1. The van der Waals surface area contributed by atoms with E-state index in [9.17, 15) is 4.79 Å². The van der Waals surface area contributed by atoms with Gasteiger partial charge in [-0.05, 0) is 31.5 Å². The van der Waals surface area contributed by atoms with Gasteiger partial charge in [0.2, 0.25) is 0 Å². The number of ether oxygens (including phenoxy) is 2. The lowest BCUT2D eigenvalue weighted by atomic mass is 10.1. The van der Waals surface area contributed by atoms with Gasteiger partial charge in [0.25, 0.3) is 0 Å². The van der Waals surface area contributed by atoms with E-state index in [0.29, 0.717) is 6.61 Å². The van der Waals surface area contributed by atoms with Gasteiger partial charge in [0.05, 0.1) is 12.2 Å². The second-order valence-corrected chi connectivity index (χ2v) is 4.24. The summed E-state index contributed by atoms with van der Waals surface area (Å²) in [5.41, 5.74) is 1.22. The molecule has 0 aromatic heterocycles. The molecule has 1 unspecified atom stereocenters. The van der Waals surface area contributed by atoms with Crippen LogP contribution in [0, 0.1) is 0 Å². The third-order valence-corrected chi connectivity index (χ3v) is 2.54. The molecule has 1 saturated heterocycles. The molecule has 1 atom stereocenters. The van der Waals surface area contributed by atoms with Crippen LogP contribution < -0.4 is 0 Å². The fraction of sp³-hybridized carbons (Fsp3) is 0.417. The molecule has 0 radical (unpaired) electrons. The molecule has 1 fully saturated rings. The summed E-state index contributed by atoms with van der Waals surface area (Å²) in [4.78, 5) is 10.7. The minimum Gasteiger partial charge on any atom is -0.478 e. The van der Waals surface area contributed by atoms with E-state index >= 15 is 0 Å². The summed E-state index contributed by atoms with van der Waals surface area (Å²) in [5.74, 6) is -1.48. The number of hydrogen-bond donors (Lipinski definition) is 1. The third kappa shape index (κ3) is 2.23. The number of hydrogen-bond acceptors (Lipinski definition) is 3. The highest BCUT2D eigenvalue weighted by molar-refractivity contribution is 5.87. The molecule has 1 heterocycles. The van der Waals surface area contributed by atoms with Crippen molar-refractivity contribution in [3.8, 4) is 0 Å². The molecule has 1 aliphatic rings. The van der Waals surface area contributed by atoms with Gasteiger partial charge < -0.3 is 14.6 Å². The Morgan fingerprint density at radius 3 is 2.44 bits per heavy atom. The van der Waals surface area contributed by atoms with E-state index in [4.69, 9.17) is 14.6 Å². The highest BCUT2D eigenvalue weighted by Crippen LogP contribution is 2.32. The standard InChI is InChI=1S/C12H14O4/c1-12(2)15-7-10(16-12)8-3-5-9(6-4-8)11(13)14/h3-6,10H,7H2,1-2H3,(H,13,14). The maximum absolute atomic E-state index is 10.7. The zero-order chi connectivity index (χ0) is 11.8. The summed E-state index contributed by atoms with van der Waals surface area (Å²) in [6.07, 6.45) is -0.113. The molecule has 0 spiro atoms. The largest absolute Gasteiger partial charge is 0.478 e. The van der Waals surface area contributed by atoms with Crippen molar-refractivity contribution < 1.29 is 19.4 Å². The molecule has 86 valence electrons. The summed E-state index contributed by atoms with van der Waals surface area (Å²) in [6.45, 7) is 4.22. The Morgan fingerprint density at radius 1 is 1.38 bits per heavy atom. The van der Waals surface area contributed by atoms with Crippen molar-refractivity contribution in [1.29, 1.82) is 0 Å². The molecule has 0 bridgehead atoms. The number of aromatic carboxylic acids is 1. The Hall–Kier alpha value is -1.39. The Kier molecular flexibility index (Phi) is 2.69. The smallest absolute Gasteiger partial charge is 0.335 e. The monoisotopic (exact) mass is 222 g/mol. The maximum Gasteiger partial charge on any atom is 0.335 e. The molecular weight excluding hydrogens is 208 g/mol. The molecule has 0 saturated carbocycles. The number of carboxylic acid groups (broad SMARTS) is 1. The van der Waals surface area contributed by atoms with E-state index in [-0.39, 0.29) is 11.7 Å². The molecule has 0 aliphatic carbocycles. The molecular formula is C12H14O4. The fourth-order valence-electron chi connectivity index (χ4n) is 1.69. The molecule has 0 amide bonds. The number of benzene rings is 1. The highest BCUT2D eigenvalue weighted by Gasteiger charge is 2.33. The Bertz CT molecular complexity index is 394. The van der Waals surface area contributed by atoms with Crippen molar-refractivity contribution in [3.05, 3.63) is 35.4 Å². The molecule has 1 aromatic rings. The first-order valence-electron chi connectivity index (χ1n) is 5.13. The lowest BCUT2D eigenvalue weighted by Crippen LogP contribution is -2.19. The molecule has 1 N–H and O–H groups in total. The Labute approximate surface area is 93.8 Å². The maximum atomic E-state index is 10.7. The van der Waals surface area contributed by atoms with Crippen LogP contribution in [0.25, 0.3) is 0 Å². The van der Waals surface area contributed by atoms with Crippen LogP contribution in [0.4, 0.5) is 0 Å². The van der Waals surface area contributed by atoms with Crippen LogP contribution in [0.5, 0.6) is 0 Å². The van der Waals surface area contributed by atoms with E-state index in [1.165, 1.54) is 0 Å². The lowest BCUT2D eigenvalue weighted by molar-refractivity contribution is -0.139. The molecule has 1 aromatic carbocycles. The van der Waals surface area contributed by atoms with E-state index < -0.39 is 11.8 Å². The minimum atomic E-state index is -0.921. The van der Waals surface area contributed by atoms with Crippen LogP contribution in [0.3, 0.4) is 0 Å². The SMILES string of the molecule is CC1(C)OCC(c2ccc(C(=O)O)cc2)O1. The van der Waals surface area contributed by atoms with Gasteiger partial charge in [-0.3, -0.25) is 0 Å². The summed E-state index contributed by atoms with van der Waals surface area (Å²) in [7, 11) is 0. The van der Waals surface area contributed by atoms with Crippen LogP contribution >= 0.6 is 0 Å². The van der Waals surface area contributed by atoms with Gasteiger partial charge in [0.1, 0.15) is 6.10 Å². The predicted molar refractivity (Wildman–Crippen MR) is 57.3 cm³/mol. The minimum absolute atomic E-state index is 0.113. The van der Waals surface area contributed by atoms with Gasteiger partial charge in [-0.1, -0.05) is 12.1 Å². The second-order valence-electron chi connectivity index (χ2n) is 4.24. The van der Waals surface area contributed by atoms with E-state index in [0.717, 1.165) is 5.56 Å². The summed E-state index contributed by atoms with van der Waals surface area (Å²) < 4.78 is 11.1. The van der Waals surface area contributed by atoms with Crippen molar-refractivity contribution in [2.75, 3.05) is 6.61 Å². The van der Waals surface area contributed by atoms with Gasteiger partial charge in [0.15, 0.2) is 5.79 Å². The number of rotatable bonds is 2. The molecule has 4 heteroatoms. The first-order valence-corrected chi connectivity index (χ1v) is 5.13. The van der Waals surface area contributed by atoms with Crippen LogP contribution in [0.1, 0.15) is 35.9 Å². The molecule has 16 heavy (non-hydrogen) atoms. The van der Waals surface area contributed by atoms with Gasteiger partial charge in [-0.15, -0.1) is 0 Å². The van der Waals surface area contributed by atoms with Crippen molar-refractivity contribution in [2.24, 2.45) is 0 Å². The first-order chi connectivity index (χ1) is 7.48. The average molecular weight is 222 g/mol. The molecule has 4 nitrogen and oxygen atoms in total. The molecule has 1 aliphatic heterocycles. The normalized spacial score (nSPS) is 23.2. The van der Waals surface area contributed by atoms with E-state index in [1.807, 2.05) is 13.8 Å². The summed E-state index contributed by atoms with van der Waals surface area (Å²) in [5, 5.41) is 8.77. The predicted octanol–water partition coefficient (Wildman–Crippen LogP) is 2.21.